The molecule has 4 heteroatoms. The van der Waals surface area contributed by atoms with E-state index in [0.717, 1.165) is 12.0 Å². The van der Waals surface area contributed by atoms with Crippen molar-refractivity contribution in [2.24, 2.45) is 0 Å². The third-order valence-corrected chi connectivity index (χ3v) is 2.79. The lowest BCUT2D eigenvalue weighted by molar-refractivity contribution is 0.0951. The Labute approximate surface area is 100 Å². The van der Waals surface area contributed by atoms with Crippen LogP contribution in [0.2, 0.25) is 5.02 Å². The van der Waals surface area contributed by atoms with Gasteiger partial charge in [-0.25, -0.2) is 0 Å². The van der Waals surface area contributed by atoms with Crippen molar-refractivity contribution in [1.82, 2.24) is 5.32 Å². The Kier molecular flexibility index (Phi) is 5.29. The molecule has 0 aliphatic carbocycles. The molecule has 88 valence electrons. The zero-order valence-electron chi connectivity index (χ0n) is 9.29. The summed E-state index contributed by atoms with van der Waals surface area (Å²) >= 11 is 5.93. The van der Waals surface area contributed by atoms with E-state index in [4.69, 9.17) is 16.7 Å². The first-order chi connectivity index (χ1) is 7.66. The van der Waals surface area contributed by atoms with Gasteiger partial charge in [-0.15, -0.1) is 0 Å². The first kappa shape index (κ1) is 13.0. The zero-order valence-corrected chi connectivity index (χ0v) is 10.0. The Bertz CT molecular complexity index is 366. The van der Waals surface area contributed by atoms with E-state index in [2.05, 4.69) is 5.32 Å². The minimum absolute atomic E-state index is 0.113. The second-order valence-corrected chi connectivity index (χ2v) is 4.01. The van der Waals surface area contributed by atoms with Crippen molar-refractivity contribution in [2.45, 2.75) is 19.8 Å². The second kappa shape index (κ2) is 6.51. The Balaban J connectivity index is 2.56. The van der Waals surface area contributed by atoms with Crippen LogP contribution >= 0.6 is 11.6 Å². The zero-order chi connectivity index (χ0) is 12.0. The fraction of sp³-hybridized carbons (Fsp3) is 0.417. The highest BCUT2D eigenvalue weighted by Gasteiger charge is 2.09. The average Bonchev–Trinajstić information content (AvgIpc) is 2.28. The molecular weight excluding hydrogens is 226 g/mol. The van der Waals surface area contributed by atoms with Crippen LogP contribution in [0.5, 0.6) is 0 Å². The molecule has 0 atom stereocenters. The van der Waals surface area contributed by atoms with Gasteiger partial charge in [0.25, 0.3) is 5.91 Å². The van der Waals surface area contributed by atoms with Crippen LogP contribution in [0.1, 0.15) is 28.8 Å². The lowest BCUT2D eigenvalue weighted by Crippen LogP contribution is -2.25. The Morgan fingerprint density at radius 3 is 2.88 bits per heavy atom. The van der Waals surface area contributed by atoms with Crippen LogP contribution < -0.4 is 5.32 Å². The molecule has 0 radical (unpaired) electrons. The molecular formula is C12H16ClNO2. The van der Waals surface area contributed by atoms with Gasteiger partial charge in [0.15, 0.2) is 0 Å². The first-order valence-electron chi connectivity index (χ1n) is 5.31. The highest BCUT2D eigenvalue weighted by atomic mass is 35.5. The molecule has 0 fully saturated rings. The summed E-state index contributed by atoms with van der Waals surface area (Å²) in [6.45, 7) is 2.56. The van der Waals surface area contributed by atoms with E-state index in [0.29, 0.717) is 23.6 Å². The summed E-state index contributed by atoms with van der Waals surface area (Å²) in [5.41, 5.74) is 1.40. The number of benzene rings is 1. The van der Waals surface area contributed by atoms with Gasteiger partial charge in [0.05, 0.1) is 0 Å². The summed E-state index contributed by atoms with van der Waals surface area (Å²) in [5.74, 6) is -0.113. The van der Waals surface area contributed by atoms with E-state index in [1.807, 2.05) is 6.92 Å². The van der Waals surface area contributed by atoms with Gasteiger partial charge in [-0.2, -0.15) is 0 Å². The molecule has 16 heavy (non-hydrogen) atoms. The number of carbonyl (C=O) groups is 1. The molecule has 1 rings (SSSR count). The number of nitrogens with one attached hydrogen (secondary N) is 1. The molecule has 0 bridgehead atoms. The van der Waals surface area contributed by atoms with Crippen molar-refractivity contribution in [3.05, 3.63) is 34.3 Å². The number of carbonyl (C=O) groups excluding carboxylic acids is 1. The lowest BCUT2D eigenvalue weighted by atomic mass is 10.1. The minimum atomic E-state index is -0.113. The second-order valence-electron chi connectivity index (χ2n) is 3.60. The van der Waals surface area contributed by atoms with Gasteiger partial charge >= 0.3 is 0 Å². The quantitative estimate of drug-likeness (QED) is 0.776. The molecule has 0 spiro atoms. The maximum Gasteiger partial charge on any atom is 0.251 e. The van der Waals surface area contributed by atoms with Crippen LogP contribution in [0, 0.1) is 6.92 Å². The molecule has 1 aromatic carbocycles. The summed E-state index contributed by atoms with van der Waals surface area (Å²) in [6.07, 6.45) is 1.48. The smallest absolute Gasteiger partial charge is 0.251 e. The molecule has 2 N–H and O–H groups in total. The van der Waals surface area contributed by atoms with E-state index >= 15 is 0 Å². The first-order valence-corrected chi connectivity index (χ1v) is 5.68. The van der Waals surface area contributed by atoms with Gasteiger partial charge < -0.3 is 10.4 Å². The lowest BCUT2D eigenvalue weighted by Gasteiger charge is -2.08. The van der Waals surface area contributed by atoms with Crippen LogP contribution in [0.4, 0.5) is 0 Å². The van der Waals surface area contributed by atoms with Gasteiger partial charge in [-0.3, -0.25) is 4.79 Å². The SMILES string of the molecule is Cc1c(Cl)cccc1C(=O)NCCCCO. The number of aliphatic hydroxyl groups excluding tert-OH is 1. The molecule has 3 nitrogen and oxygen atoms in total. The number of hydrogen-bond donors (Lipinski definition) is 2. The number of unbranched alkanes of at least 4 members (excludes halogenated alkanes) is 1. The minimum Gasteiger partial charge on any atom is -0.396 e. The molecule has 0 aliphatic rings. The molecule has 0 unspecified atom stereocenters. The molecule has 0 aromatic heterocycles. The van der Waals surface area contributed by atoms with Crippen LogP contribution in [0.25, 0.3) is 0 Å². The number of amides is 1. The number of halogens is 1. The predicted molar refractivity (Wildman–Crippen MR) is 64.8 cm³/mol. The molecule has 1 amide bonds. The van der Waals surface area contributed by atoms with E-state index in [1.165, 1.54) is 0 Å². The van der Waals surface area contributed by atoms with Crippen molar-refractivity contribution < 1.29 is 9.90 Å². The Morgan fingerprint density at radius 2 is 2.19 bits per heavy atom. The van der Waals surface area contributed by atoms with E-state index in [9.17, 15) is 4.79 Å². The number of hydrogen-bond acceptors (Lipinski definition) is 2. The Morgan fingerprint density at radius 1 is 1.44 bits per heavy atom. The van der Waals surface area contributed by atoms with Crippen LogP contribution in [-0.4, -0.2) is 24.2 Å². The van der Waals surface area contributed by atoms with Crippen molar-refractivity contribution in [3.8, 4) is 0 Å². The van der Waals surface area contributed by atoms with Gasteiger partial charge in [0.1, 0.15) is 0 Å². The standard InChI is InChI=1S/C12H16ClNO2/c1-9-10(5-4-6-11(9)13)12(16)14-7-2-3-8-15/h4-6,15H,2-3,7-8H2,1H3,(H,14,16). The predicted octanol–water partition coefficient (Wildman–Crippen LogP) is 2.15. The third kappa shape index (κ3) is 3.51. The molecule has 0 saturated carbocycles. The molecule has 1 aromatic rings. The molecule has 0 aliphatic heterocycles. The largest absolute Gasteiger partial charge is 0.396 e. The summed E-state index contributed by atoms with van der Waals surface area (Å²) < 4.78 is 0. The van der Waals surface area contributed by atoms with Crippen molar-refractivity contribution in [1.29, 1.82) is 0 Å². The summed E-state index contributed by atoms with van der Waals surface area (Å²) in [5, 5.41) is 12.0. The normalized spacial score (nSPS) is 10.2. The van der Waals surface area contributed by atoms with Gasteiger partial charge in [0, 0.05) is 23.7 Å². The average molecular weight is 242 g/mol. The highest BCUT2D eigenvalue weighted by Crippen LogP contribution is 2.18. The van der Waals surface area contributed by atoms with Crippen LogP contribution in [-0.2, 0) is 0 Å². The number of aliphatic hydroxyl groups is 1. The van der Waals surface area contributed by atoms with Gasteiger partial charge in [-0.1, -0.05) is 17.7 Å². The summed E-state index contributed by atoms with van der Waals surface area (Å²) in [7, 11) is 0. The van der Waals surface area contributed by atoms with Crippen LogP contribution in [0.15, 0.2) is 18.2 Å². The van der Waals surface area contributed by atoms with Gasteiger partial charge in [0.2, 0.25) is 0 Å². The van der Waals surface area contributed by atoms with E-state index in [-0.39, 0.29) is 12.5 Å². The van der Waals surface area contributed by atoms with Gasteiger partial charge in [-0.05, 0) is 37.5 Å². The summed E-state index contributed by atoms with van der Waals surface area (Å²) in [6, 6.07) is 5.28. The fourth-order valence-corrected chi connectivity index (χ4v) is 1.56. The maximum absolute atomic E-state index is 11.7. The van der Waals surface area contributed by atoms with E-state index in [1.54, 1.807) is 18.2 Å². The van der Waals surface area contributed by atoms with Crippen LogP contribution in [0.3, 0.4) is 0 Å². The van der Waals surface area contributed by atoms with Crippen molar-refractivity contribution in [3.63, 3.8) is 0 Å². The topological polar surface area (TPSA) is 49.3 Å². The third-order valence-electron chi connectivity index (χ3n) is 2.38. The maximum atomic E-state index is 11.7. The van der Waals surface area contributed by atoms with E-state index < -0.39 is 0 Å². The van der Waals surface area contributed by atoms with Crippen molar-refractivity contribution in [2.75, 3.05) is 13.2 Å². The molecule has 0 heterocycles. The monoisotopic (exact) mass is 241 g/mol. The summed E-state index contributed by atoms with van der Waals surface area (Å²) in [4.78, 5) is 11.7. The highest BCUT2D eigenvalue weighted by molar-refractivity contribution is 6.31. The molecule has 0 saturated heterocycles. The van der Waals surface area contributed by atoms with Crippen molar-refractivity contribution >= 4 is 17.5 Å². The Hall–Kier alpha value is -1.06. The number of rotatable bonds is 5. The fourth-order valence-electron chi connectivity index (χ4n) is 1.39.